The van der Waals surface area contributed by atoms with Gasteiger partial charge in [0.2, 0.25) is 5.90 Å². The van der Waals surface area contributed by atoms with Crippen LogP contribution in [-0.2, 0) is 9.57 Å². The van der Waals surface area contributed by atoms with Gasteiger partial charge in [-0.3, -0.25) is 0 Å². The van der Waals surface area contributed by atoms with Crippen molar-refractivity contribution in [2.75, 3.05) is 19.5 Å². The Balaban J connectivity index is 2.16. The van der Waals surface area contributed by atoms with E-state index in [1.165, 1.54) is 4.90 Å². The molecule has 1 fully saturated rings. The van der Waals surface area contributed by atoms with E-state index in [2.05, 4.69) is 50.2 Å². The summed E-state index contributed by atoms with van der Waals surface area (Å²) in [5, 5.41) is 4.10. The van der Waals surface area contributed by atoms with Crippen molar-refractivity contribution in [2.24, 2.45) is 22.4 Å². The highest BCUT2D eigenvalue weighted by molar-refractivity contribution is 7.99. The fraction of sp³-hybridized carbons (Fsp3) is 0.562. The summed E-state index contributed by atoms with van der Waals surface area (Å²) in [6.07, 6.45) is 0. The van der Waals surface area contributed by atoms with Crippen LogP contribution < -0.4 is 0 Å². The maximum absolute atomic E-state index is 5.78. The van der Waals surface area contributed by atoms with Gasteiger partial charge in [-0.15, -0.1) is 11.8 Å². The first-order valence-corrected chi connectivity index (χ1v) is 7.98. The topological polar surface area (TPSA) is 30.8 Å². The fourth-order valence-electron chi connectivity index (χ4n) is 2.74. The van der Waals surface area contributed by atoms with Gasteiger partial charge in [0, 0.05) is 16.6 Å². The number of nitrogens with zero attached hydrogens (tertiary/aromatic N) is 1. The first kappa shape index (κ1) is 15.2. The van der Waals surface area contributed by atoms with E-state index in [0.29, 0.717) is 11.8 Å². The number of oxime groups is 1. The van der Waals surface area contributed by atoms with Gasteiger partial charge in [0.05, 0.1) is 12.0 Å². The van der Waals surface area contributed by atoms with Crippen LogP contribution in [-0.4, -0.2) is 25.4 Å². The summed E-state index contributed by atoms with van der Waals surface area (Å²) in [7, 11) is 1.57. The van der Waals surface area contributed by atoms with E-state index in [1.54, 1.807) is 7.11 Å². The molecule has 0 spiro atoms. The average molecular weight is 293 g/mol. The average Bonchev–Trinajstić information content (AvgIpc) is 2.76. The molecule has 20 heavy (non-hydrogen) atoms. The molecule has 0 radical (unpaired) electrons. The summed E-state index contributed by atoms with van der Waals surface area (Å²) < 4.78 is 5.78. The third kappa shape index (κ3) is 3.11. The van der Waals surface area contributed by atoms with Crippen LogP contribution in [0, 0.1) is 17.3 Å². The van der Waals surface area contributed by atoms with Gasteiger partial charge in [-0.05, 0) is 25.0 Å². The van der Waals surface area contributed by atoms with E-state index in [9.17, 15) is 0 Å². The van der Waals surface area contributed by atoms with Gasteiger partial charge in [0.1, 0.15) is 7.11 Å². The molecule has 4 heteroatoms. The summed E-state index contributed by atoms with van der Waals surface area (Å²) >= 11 is 1.85. The van der Waals surface area contributed by atoms with Gasteiger partial charge in [0.25, 0.3) is 0 Å². The predicted molar refractivity (Wildman–Crippen MR) is 84.0 cm³/mol. The Bertz CT molecular complexity index is 461. The van der Waals surface area contributed by atoms with Crippen LogP contribution in [0.4, 0.5) is 0 Å². The van der Waals surface area contributed by atoms with Crippen LogP contribution >= 0.6 is 11.8 Å². The first-order chi connectivity index (χ1) is 9.58. The van der Waals surface area contributed by atoms with E-state index in [-0.39, 0.29) is 5.41 Å². The third-order valence-electron chi connectivity index (χ3n) is 3.97. The third-order valence-corrected chi connectivity index (χ3v) is 5.32. The van der Waals surface area contributed by atoms with E-state index >= 15 is 0 Å². The Morgan fingerprint density at radius 1 is 1.40 bits per heavy atom. The largest absolute Gasteiger partial charge is 0.478 e. The number of benzene rings is 1. The number of thioether (sulfide) groups is 1. The molecule has 0 amide bonds. The number of hydrogen-bond acceptors (Lipinski definition) is 4. The molecule has 1 aliphatic heterocycles. The molecule has 0 aliphatic carbocycles. The summed E-state index contributed by atoms with van der Waals surface area (Å²) in [5.74, 6) is 2.71. The molecule has 1 aliphatic rings. The molecule has 0 N–H and O–H groups in total. The monoisotopic (exact) mass is 293 g/mol. The maximum atomic E-state index is 5.78. The molecule has 0 bridgehead atoms. The normalized spacial score (nSPS) is 27.9. The van der Waals surface area contributed by atoms with Crippen LogP contribution in [0.1, 0.15) is 20.8 Å². The number of hydrogen-bond donors (Lipinski definition) is 0. The Kier molecular flexibility index (Phi) is 4.97. The molecule has 1 aromatic rings. The first-order valence-electron chi connectivity index (χ1n) is 7.00. The zero-order valence-electron chi connectivity index (χ0n) is 12.6. The van der Waals surface area contributed by atoms with Crippen LogP contribution in [0.3, 0.4) is 0 Å². The van der Waals surface area contributed by atoms with Crippen LogP contribution in [0.25, 0.3) is 0 Å². The Morgan fingerprint density at radius 3 is 2.70 bits per heavy atom. The SMILES string of the molecule is CO/N=C1\OC[C@@H](C(C)C)[C@@]1(C)CSc1ccccc1. The second-order valence-corrected chi connectivity index (χ2v) is 6.81. The lowest BCUT2D eigenvalue weighted by molar-refractivity contribution is 0.193. The lowest BCUT2D eigenvalue weighted by Gasteiger charge is -2.30. The Hall–Kier alpha value is -1.16. The van der Waals surface area contributed by atoms with E-state index in [1.807, 2.05) is 17.8 Å². The maximum Gasteiger partial charge on any atom is 0.232 e. The van der Waals surface area contributed by atoms with Crippen molar-refractivity contribution in [1.82, 2.24) is 0 Å². The van der Waals surface area contributed by atoms with Crippen molar-refractivity contribution < 1.29 is 9.57 Å². The minimum absolute atomic E-state index is 0.0787. The lowest BCUT2D eigenvalue weighted by atomic mass is 9.75. The van der Waals surface area contributed by atoms with Gasteiger partial charge in [-0.25, -0.2) is 0 Å². The molecule has 1 saturated heterocycles. The highest BCUT2D eigenvalue weighted by Gasteiger charge is 2.48. The van der Waals surface area contributed by atoms with Gasteiger partial charge < -0.3 is 9.57 Å². The molecule has 2 atom stereocenters. The van der Waals surface area contributed by atoms with Crippen molar-refractivity contribution in [3.63, 3.8) is 0 Å². The summed E-state index contributed by atoms with van der Waals surface area (Å²) in [4.78, 5) is 6.23. The second kappa shape index (κ2) is 6.53. The van der Waals surface area contributed by atoms with E-state index in [4.69, 9.17) is 9.57 Å². The number of rotatable bonds is 5. The molecular formula is C16H23NO2S. The molecule has 3 nitrogen and oxygen atoms in total. The van der Waals surface area contributed by atoms with E-state index in [0.717, 1.165) is 18.3 Å². The number of ether oxygens (including phenoxy) is 1. The Labute approximate surface area is 125 Å². The Morgan fingerprint density at radius 2 is 2.10 bits per heavy atom. The molecule has 2 rings (SSSR count). The van der Waals surface area contributed by atoms with Crippen molar-refractivity contribution in [1.29, 1.82) is 0 Å². The minimum Gasteiger partial charge on any atom is -0.478 e. The van der Waals surface area contributed by atoms with E-state index < -0.39 is 0 Å². The van der Waals surface area contributed by atoms with Crippen LogP contribution in [0.15, 0.2) is 40.4 Å². The molecule has 1 heterocycles. The standard InChI is InChI=1S/C16H23NO2S/c1-12(2)14-10-19-15(17-18-4)16(14,3)11-20-13-8-6-5-7-9-13/h5-9,12,14H,10-11H2,1-4H3/b17-15-/t14-,16+/m0/s1. The van der Waals surface area contributed by atoms with Gasteiger partial charge in [-0.2, -0.15) is 0 Å². The summed E-state index contributed by atoms with van der Waals surface area (Å²) in [6, 6.07) is 10.5. The zero-order chi connectivity index (χ0) is 14.6. The quantitative estimate of drug-likeness (QED) is 0.606. The predicted octanol–water partition coefficient (Wildman–Crippen LogP) is 4.05. The molecule has 110 valence electrons. The molecular weight excluding hydrogens is 270 g/mol. The highest BCUT2D eigenvalue weighted by atomic mass is 32.2. The van der Waals surface area contributed by atoms with Crippen molar-refractivity contribution in [2.45, 2.75) is 25.7 Å². The minimum atomic E-state index is -0.0787. The molecule has 0 aromatic heterocycles. The van der Waals surface area contributed by atoms with Crippen LogP contribution in [0.5, 0.6) is 0 Å². The smallest absolute Gasteiger partial charge is 0.232 e. The molecule has 0 saturated carbocycles. The lowest BCUT2D eigenvalue weighted by Crippen LogP contribution is -2.35. The van der Waals surface area contributed by atoms with Gasteiger partial charge in [0.15, 0.2) is 0 Å². The summed E-state index contributed by atoms with van der Waals surface area (Å²) in [6.45, 7) is 7.45. The van der Waals surface area contributed by atoms with Crippen molar-refractivity contribution in [3.05, 3.63) is 30.3 Å². The molecule has 0 unspecified atom stereocenters. The van der Waals surface area contributed by atoms with Crippen molar-refractivity contribution in [3.8, 4) is 0 Å². The zero-order valence-corrected chi connectivity index (χ0v) is 13.4. The van der Waals surface area contributed by atoms with Gasteiger partial charge in [-0.1, -0.05) is 37.2 Å². The van der Waals surface area contributed by atoms with Crippen LogP contribution in [0.2, 0.25) is 0 Å². The highest BCUT2D eigenvalue weighted by Crippen LogP contribution is 2.44. The fourth-order valence-corrected chi connectivity index (χ4v) is 3.89. The van der Waals surface area contributed by atoms with Gasteiger partial charge >= 0.3 is 0 Å². The summed E-state index contributed by atoms with van der Waals surface area (Å²) in [5.41, 5.74) is -0.0787. The molecule has 1 aromatic carbocycles. The second-order valence-electron chi connectivity index (χ2n) is 5.76. The van der Waals surface area contributed by atoms with Crippen molar-refractivity contribution >= 4 is 17.7 Å².